The maximum absolute atomic E-state index is 12.2. The van der Waals surface area contributed by atoms with Crippen molar-refractivity contribution in [3.05, 3.63) is 58.3 Å². The minimum Gasteiger partial charge on any atom is -0.336 e. The summed E-state index contributed by atoms with van der Waals surface area (Å²) in [5, 5.41) is 5.55. The Hall–Kier alpha value is -2.63. The number of hydrogen-bond donors (Lipinski definition) is 2. The number of carbonyl (C=O) groups excluding carboxylic acids is 1. The molecule has 1 heterocycles. The Morgan fingerprint density at radius 1 is 1.23 bits per heavy atom. The number of aromatic nitrogens is 2. The van der Waals surface area contributed by atoms with Crippen LogP contribution < -0.4 is 16.2 Å². The molecule has 1 fully saturated rings. The molecular formula is C20H26N4O2. The van der Waals surface area contributed by atoms with Crippen molar-refractivity contribution in [2.24, 2.45) is 0 Å². The van der Waals surface area contributed by atoms with E-state index in [2.05, 4.69) is 22.5 Å². The minimum atomic E-state index is -0.280. The van der Waals surface area contributed by atoms with Crippen molar-refractivity contribution in [3.63, 3.8) is 0 Å². The molecule has 2 aromatic rings. The number of hydrogen-bond acceptors (Lipinski definition) is 3. The lowest BCUT2D eigenvalue weighted by molar-refractivity contribution is 0.251. The summed E-state index contributed by atoms with van der Waals surface area (Å²) in [5.41, 5.74) is 2.83. The first kappa shape index (κ1) is 18.2. The van der Waals surface area contributed by atoms with E-state index in [0.717, 1.165) is 30.6 Å². The molecular weight excluding hydrogens is 328 g/mol. The molecule has 0 radical (unpaired) electrons. The lowest BCUT2D eigenvalue weighted by Gasteiger charge is -2.11. The van der Waals surface area contributed by atoms with Crippen LogP contribution in [0.5, 0.6) is 0 Å². The molecule has 0 unspecified atom stereocenters. The second kappa shape index (κ2) is 8.65. The van der Waals surface area contributed by atoms with Gasteiger partial charge in [0.15, 0.2) is 0 Å². The predicted molar refractivity (Wildman–Crippen MR) is 103 cm³/mol. The van der Waals surface area contributed by atoms with Gasteiger partial charge in [-0.2, -0.15) is 0 Å². The number of benzene rings is 1. The second-order valence-corrected chi connectivity index (χ2v) is 6.76. The van der Waals surface area contributed by atoms with Crippen molar-refractivity contribution >= 4 is 11.7 Å². The fourth-order valence-electron chi connectivity index (χ4n) is 3.34. The molecule has 1 aliphatic rings. The smallest absolute Gasteiger partial charge is 0.319 e. The Kier molecular flexibility index (Phi) is 6.04. The summed E-state index contributed by atoms with van der Waals surface area (Å²) in [7, 11) is 0. The Balaban J connectivity index is 1.47. The molecule has 0 aliphatic heterocycles. The average molecular weight is 354 g/mol. The molecule has 1 aromatic heterocycles. The molecule has 1 aromatic carbocycles. The predicted octanol–water partition coefficient (Wildman–Crippen LogP) is 3.29. The van der Waals surface area contributed by atoms with Gasteiger partial charge in [-0.05, 0) is 37.0 Å². The van der Waals surface area contributed by atoms with E-state index < -0.39 is 0 Å². The number of nitrogens with zero attached hydrogens (tertiary/aromatic N) is 2. The Labute approximate surface area is 153 Å². The van der Waals surface area contributed by atoms with Crippen LogP contribution in [0.25, 0.3) is 0 Å². The molecule has 2 N–H and O–H groups in total. The SMILES string of the molecule is CCc1ccc(NC(=O)NCCn2cnc(C3CCCC3)cc2=O)cc1. The number of rotatable bonds is 6. The molecule has 0 saturated heterocycles. The van der Waals surface area contributed by atoms with Gasteiger partial charge in [-0.3, -0.25) is 9.36 Å². The fourth-order valence-corrected chi connectivity index (χ4v) is 3.34. The van der Waals surface area contributed by atoms with Crippen LogP contribution in [-0.2, 0) is 13.0 Å². The Bertz CT molecular complexity index is 792. The van der Waals surface area contributed by atoms with Crippen LogP contribution in [0.3, 0.4) is 0 Å². The number of amides is 2. The van der Waals surface area contributed by atoms with Crippen LogP contribution in [0.15, 0.2) is 41.5 Å². The first-order valence-electron chi connectivity index (χ1n) is 9.36. The van der Waals surface area contributed by atoms with Crippen molar-refractivity contribution < 1.29 is 4.79 Å². The molecule has 2 amide bonds. The molecule has 0 atom stereocenters. The van der Waals surface area contributed by atoms with E-state index in [-0.39, 0.29) is 11.6 Å². The van der Waals surface area contributed by atoms with E-state index in [9.17, 15) is 9.59 Å². The van der Waals surface area contributed by atoms with E-state index in [1.807, 2.05) is 24.3 Å². The van der Waals surface area contributed by atoms with Crippen LogP contribution in [-0.4, -0.2) is 22.1 Å². The zero-order valence-electron chi connectivity index (χ0n) is 15.2. The molecule has 0 spiro atoms. The maximum atomic E-state index is 12.2. The van der Waals surface area contributed by atoms with Gasteiger partial charge < -0.3 is 10.6 Å². The number of nitrogens with one attached hydrogen (secondary N) is 2. The monoisotopic (exact) mass is 354 g/mol. The number of carbonyl (C=O) groups is 1. The summed E-state index contributed by atoms with van der Waals surface area (Å²) in [6.07, 6.45) is 7.24. The van der Waals surface area contributed by atoms with Crippen molar-refractivity contribution in [2.45, 2.75) is 51.5 Å². The van der Waals surface area contributed by atoms with Gasteiger partial charge in [0.1, 0.15) is 0 Å². The molecule has 0 bridgehead atoms. The van der Waals surface area contributed by atoms with Crippen LogP contribution in [0.1, 0.15) is 49.8 Å². The van der Waals surface area contributed by atoms with Gasteiger partial charge in [0, 0.05) is 30.8 Å². The normalized spacial score (nSPS) is 14.3. The number of aryl methyl sites for hydroxylation is 1. The van der Waals surface area contributed by atoms with Gasteiger partial charge in [-0.25, -0.2) is 9.78 Å². The largest absolute Gasteiger partial charge is 0.336 e. The number of anilines is 1. The molecule has 1 aliphatic carbocycles. The highest BCUT2D eigenvalue weighted by molar-refractivity contribution is 5.89. The molecule has 26 heavy (non-hydrogen) atoms. The maximum Gasteiger partial charge on any atom is 0.319 e. The molecule has 6 nitrogen and oxygen atoms in total. The van der Waals surface area contributed by atoms with E-state index in [1.165, 1.54) is 23.0 Å². The molecule has 1 saturated carbocycles. The Morgan fingerprint density at radius 3 is 2.62 bits per heavy atom. The highest BCUT2D eigenvalue weighted by Gasteiger charge is 2.18. The minimum absolute atomic E-state index is 0.0562. The van der Waals surface area contributed by atoms with Crippen LogP contribution in [0.2, 0.25) is 0 Å². The molecule has 138 valence electrons. The van der Waals surface area contributed by atoms with Crippen LogP contribution in [0, 0.1) is 0 Å². The summed E-state index contributed by atoms with van der Waals surface area (Å²) in [6, 6.07) is 9.12. The van der Waals surface area contributed by atoms with Gasteiger partial charge in [-0.15, -0.1) is 0 Å². The highest BCUT2D eigenvalue weighted by Crippen LogP contribution is 2.32. The third kappa shape index (κ3) is 4.71. The summed E-state index contributed by atoms with van der Waals surface area (Å²) in [6.45, 7) is 2.86. The first-order chi connectivity index (χ1) is 12.7. The molecule has 6 heteroatoms. The van der Waals surface area contributed by atoms with Crippen LogP contribution >= 0.6 is 0 Å². The van der Waals surface area contributed by atoms with Gasteiger partial charge >= 0.3 is 6.03 Å². The van der Waals surface area contributed by atoms with Crippen molar-refractivity contribution in [1.29, 1.82) is 0 Å². The standard InChI is InChI=1S/C20H26N4O2/c1-2-15-7-9-17(10-8-15)23-20(26)21-11-12-24-14-22-18(13-19(24)25)16-5-3-4-6-16/h7-10,13-14,16H,2-6,11-12H2,1H3,(H2,21,23,26). The van der Waals surface area contributed by atoms with E-state index in [1.54, 1.807) is 12.4 Å². The van der Waals surface area contributed by atoms with Gasteiger partial charge in [0.25, 0.3) is 5.56 Å². The first-order valence-corrected chi connectivity index (χ1v) is 9.36. The summed E-state index contributed by atoms with van der Waals surface area (Å²) >= 11 is 0. The topological polar surface area (TPSA) is 76.0 Å². The van der Waals surface area contributed by atoms with Gasteiger partial charge in [0.2, 0.25) is 0 Å². The summed E-state index contributed by atoms with van der Waals surface area (Å²) in [5.74, 6) is 0.431. The van der Waals surface area contributed by atoms with E-state index in [0.29, 0.717) is 19.0 Å². The second-order valence-electron chi connectivity index (χ2n) is 6.76. The van der Waals surface area contributed by atoms with Crippen molar-refractivity contribution in [2.75, 3.05) is 11.9 Å². The van der Waals surface area contributed by atoms with Crippen molar-refractivity contribution in [3.8, 4) is 0 Å². The molecule has 3 rings (SSSR count). The lowest BCUT2D eigenvalue weighted by Crippen LogP contribution is -2.33. The zero-order valence-corrected chi connectivity index (χ0v) is 15.2. The Morgan fingerprint density at radius 2 is 1.96 bits per heavy atom. The number of urea groups is 1. The average Bonchev–Trinajstić information content (AvgIpc) is 3.18. The summed E-state index contributed by atoms with van der Waals surface area (Å²) in [4.78, 5) is 28.6. The fraction of sp³-hybridized carbons (Fsp3) is 0.450. The van der Waals surface area contributed by atoms with Crippen molar-refractivity contribution in [1.82, 2.24) is 14.9 Å². The van der Waals surface area contributed by atoms with Crippen LogP contribution in [0.4, 0.5) is 10.5 Å². The third-order valence-electron chi connectivity index (χ3n) is 4.93. The quantitative estimate of drug-likeness (QED) is 0.836. The lowest BCUT2D eigenvalue weighted by atomic mass is 10.0. The van der Waals surface area contributed by atoms with E-state index in [4.69, 9.17) is 0 Å². The van der Waals surface area contributed by atoms with E-state index >= 15 is 0 Å². The zero-order chi connectivity index (χ0) is 18.4. The summed E-state index contributed by atoms with van der Waals surface area (Å²) < 4.78 is 1.54. The van der Waals surface area contributed by atoms with Gasteiger partial charge in [0.05, 0.1) is 12.0 Å². The highest BCUT2D eigenvalue weighted by atomic mass is 16.2. The van der Waals surface area contributed by atoms with Gasteiger partial charge in [-0.1, -0.05) is 31.9 Å². The third-order valence-corrected chi connectivity index (χ3v) is 4.93.